The molecule has 0 fully saturated rings. The van der Waals surface area contributed by atoms with Gasteiger partial charge >= 0.3 is 0 Å². The van der Waals surface area contributed by atoms with E-state index in [1.807, 2.05) is 30.8 Å². The van der Waals surface area contributed by atoms with Gasteiger partial charge in [0.1, 0.15) is 11.4 Å². The summed E-state index contributed by atoms with van der Waals surface area (Å²) in [5.74, 6) is 0. The first kappa shape index (κ1) is 13.9. The average Bonchev–Trinajstić information content (AvgIpc) is 2.90. The van der Waals surface area contributed by atoms with Gasteiger partial charge in [-0.1, -0.05) is 12.7 Å². The number of aliphatic imine (C=N–C) groups is 2. The van der Waals surface area contributed by atoms with Crippen LogP contribution in [0.1, 0.15) is 12.5 Å². The Kier molecular flexibility index (Phi) is 4.20. The fraction of sp³-hybridized carbons (Fsp3) is 0.200. The summed E-state index contributed by atoms with van der Waals surface area (Å²) in [5.41, 5.74) is 4.13. The minimum atomic E-state index is 0.740. The third kappa shape index (κ3) is 2.71. The molecule has 0 aliphatic carbocycles. The highest BCUT2D eigenvalue weighted by Gasteiger charge is 2.14. The van der Waals surface area contributed by atoms with Crippen molar-refractivity contribution in [2.45, 2.75) is 6.92 Å². The predicted molar refractivity (Wildman–Crippen MR) is 82.9 cm³/mol. The lowest BCUT2D eigenvalue weighted by molar-refractivity contribution is 0.913. The lowest BCUT2D eigenvalue weighted by atomic mass is 10.1. The largest absolute Gasteiger partial charge is 0.340 e. The van der Waals surface area contributed by atoms with Gasteiger partial charge in [-0.15, -0.1) is 0 Å². The zero-order valence-electron chi connectivity index (χ0n) is 11.9. The third-order valence-electron chi connectivity index (χ3n) is 2.91. The maximum atomic E-state index is 4.44. The van der Waals surface area contributed by atoms with Crippen molar-refractivity contribution < 1.29 is 0 Å². The molecular weight excluding hydrogens is 250 g/mol. The maximum absolute atomic E-state index is 4.44. The molecular formula is C15H17N5. The second-order valence-electron chi connectivity index (χ2n) is 4.30. The molecule has 0 atom stereocenters. The van der Waals surface area contributed by atoms with Crippen LogP contribution in [0.25, 0.3) is 11.4 Å². The van der Waals surface area contributed by atoms with E-state index in [9.17, 15) is 0 Å². The summed E-state index contributed by atoms with van der Waals surface area (Å²) < 4.78 is 1.88. The topological polar surface area (TPSA) is 55.4 Å². The number of aromatic nitrogens is 3. The number of aryl methyl sites for hydroxylation is 1. The van der Waals surface area contributed by atoms with Crippen LogP contribution in [-0.2, 0) is 7.05 Å². The summed E-state index contributed by atoms with van der Waals surface area (Å²) in [7, 11) is 3.68. The highest BCUT2D eigenvalue weighted by atomic mass is 15.0. The second kappa shape index (κ2) is 6.06. The molecule has 5 heteroatoms. The van der Waals surface area contributed by atoms with E-state index in [0.717, 1.165) is 28.4 Å². The van der Waals surface area contributed by atoms with Crippen LogP contribution in [0.4, 0.5) is 5.69 Å². The van der Waals surface area contributed by atoms with Crippen LogP contribution in [0.3, 0.4) is 0 Å². The number of rotatable bonds is 4. The summed E-state index contributed by atoms with van der Waals surface area (Å²) in [5, 5.41) is 0. The minimum absolute atomic E-state index is 0.740. The first-order chi connectivity index (χ1) is 9.67. The van der Waals surface area contributed by atoms with E-state index in [2.05, 4.69) is 26.5 Å². The van der Waals surface area contributed by atoms with E-state index in [-0.39, 0.29) is 0 Å². The number of pyridine rings is 1. The molecule has 2 rings (SSSR count). The molecule has 0 radical (unpaired) electrons. The molecule has 20 heavy (non-hydrogen) atoms. The highest BCUT2D eigenvalue weighted by Crippen LogP contribution is 2.30. The van der Waals surface area contributed by atoms with Gasteiger partial charge in [0, 0.05) is 44.0 Å². The van der Waals surface area contributed by atoms with Crippen molar-refractivity contribution >= 4 is 17.6 Å². The van der Waals surface area contributed by atoms with Gasteiger partial charge in [0.05, 0.1) is 12.0 Å². The van der Waals surface area contributed by atoms with Gasteiger partial charge in [-0.05, 0) is 13.0 Å². The average molecular weight is 267 g/mol. The van der Waals surface area contributed by atoms with Crippen LogP contribution in [0, 0.1) is 0 Å². The molecule has 0 amide bonds. The van der Waals surface area contributed by atoms with Crippen molar-refractivity contribution in [3.8, 4) is 11.4 Å². The summed E-state index contributed by atoms with van der Waals surface area (Å²) in [6, 6.07) is 1.91. The van der Waals surface area contributed by atoms with Crippen molar-refractivity contribution in [3.63, 3.8) is 0 Å². The van der Waals surface area contributed by atoms with E-state index in [1.54, 1.807) is 31.9 Å². The Bertz CT molecular complexity index is 679. The van der Waals surface area contributed by atoms with E-state index < -0.39 is 0 Å². The Hall–Kier alpha value is -2.56. The molecule has 2 aromatic heterocycles. The molecule has 0 aromatic carbocycles. The Morgan fingerprint density at radius 1 is 1.40 bits per heavy atom. The van der Waals surface area contributed by atoms with E-state index in [4.69, 9.17) is 0 Å². The summed E-state index contributed by atoms with van der Waals surface area (Å²) >= 11 is 0. The quantitative estimate of drug-likeness (QED) is 0.800. The Labute approximate surface area is 118 Å². The molecule has 0 aliphatic heterocycles. The van der Waals surface area contributed by atoms with Crippen LogP contribution in [0.15, 0.2) is 47.4 Å². The normalized spacial score (nSPS) is 12.1. The standard InChI is InChI=1S/C15H17N5/c1-5-7-17-14-12(11(2)16-3)6-8-18-15(14)13-9-20(4)10-19-13/h5-10H,1H2,2-4H3/b16-11-,17-7+. The molecule has 0 saturated carbocycles. The summed E-state index contributed by atoms with van der Waals surface area (Å²) in [4.78, 5) is 17.4. The number of nitrogens with zero attached hydrogens (tertiary/aromatic N) is 5. The highest BCUT2D eigenvalue weighted by molar-refractivity contribution is 6.05. The molecule has 0 spiro atoms. The number of allylic oxidation sites excluding steroid dienone is 1. The van der Waals surface area contributed by atoms with Crippen molar-refractivity contribution in [1.82, 2.24) is 14.5 Å². The molecule has 102 valence electrons. The number of hydrogen-bond donors (Lipinski definition) is 0. The van der Waals surface area contributed by atoms with Gasteiger partial charge in [-0.25, -0.2) is 4.98 Å². The minimum Gasteiger partial charge on any atom is -0.340 e. The van der Waals surface area contributed by atoms with Crippen molar-refractivity contribution in [2.24, 2.45) is 17.0 Å². The monoisotopic (exact) mass is 267 g/mol. The maximum Gasteiger partial charge on any atom is 0.116 e. The van der Waals surface area contributed by atoms with E-state index in [0.29, 0.717) is 0 Å². The van der Waals surface area contributed by atoms with Crippen LogP contribution in [0.5, 0.6) is 0 Å². The van der Waals surface area contributed by atoms with Crippen LogP contribution in [0.2, 0.25) is 0 Å². The van der Waals surface area contributed by atoms with Gasteiger partial charge in [0.25, 0.3) is 0 Å². The first-order valence-corrected chi connectivity index (χ1v) is 6.23. The summed E-state index contributed by atoms with van der Waals surface area (Å²) in [6.07, 6.45) is 8.69. The van der Waals surface area contributed by atoms with E-state index >= 15 is 0 Å². The zero-order valence-corrected chi connectivity index (χ0v) is 11.9. The molecule has 0 bridgehead atoms. The summed E-state index contributed by atoms with van der Waals surface area (Å²) in [6.45, 7) is 5.61. The lowest BCUT2D eigenvalue weighted by Gasteiger charge is -2.08. The Morgan fingerprint density at radius 2 is 2.20 bits per heavy atom. The molecule has 0 saturated heterocycles. The van der Waals surface area contributed by atoms with Crippen LogP contribution in [-0.4, -0.2) is 33.5 Å². The van der Waals surface area contributed by atoms with E-state index in [1.165, 1.54) is 0 Å². The smallest absolute Gasteiger partial charge is 0.116 e. The van der Waals surface area contributed by atoms with Crippen molar-refractivity contribution in [2.75, 3.05) is 7.05 Å². The van der Waals surface area contributed by atoms with Crippen molar-refractivity contribution in [3.05, 3.63) is 43.0 Å². The van der Waals surface area contributed by atoms with Crippen molar-refractivity contribution in [1.29, 1.82) is 0 Å². The van der Waals surface area contributed by atoms with Crippen LogP contribution >= 0.6 is 0 Å². The Morgan fingerprint density at radius 3 is 2.80 bits per heavy atom. The fourth-order valence-electron chi connectivity index (χ4n) is 1.85. The predicted octanol–water partition coefficient (Wildman–Crippen LogP) is 2.81. The molecule has 2 heterocycles. The van der Waals surface area contributed by atoms with Gasteiger partial charge in [0.15, 0.2) is 0 Å². The van der Waals surface area contributed by atoms with Crippen LogP contribution < -0.4 is 0 Å². The molecule has 0 N–H and O–H groups in total. The molecule has 5 nitrogen and oxygen atoms in total. The molecule has 0 aliphatic rings. The van der Waals surface area contributed by atoms with Gasteiger partial charge < -0.3 is 4.57 Å². The lowest BCUT2D eigenvalue weighted by Crippen LogP contribution is -1.98. The van der Waals surface area contributed by atoms with Gasteiger partial charge in [-0.3, -0.25) is 15.0 Å². The number of hydrogen-bond acceptors (Lipinski definition) is 4. The number of imidazole rings is 1. The Balaban J connectivity index is 2.67. The SMILES string of the molecule is C=C/C=N/c1c(/C(C)=N\C)ccnc1-c1cn(C)cn1. The zero-order chi connectivity index (χ0) is 14.5. The van der Waals surface area contributed by atoms with Gasteiger partial charge in [0.2, 0.25) is 0 Å². The molecule has 0 unspecified atom stereocenters. The van der Waals surface area contributed by atoms with Gasteiger partial charge in [-0.2, -0.15) is 0 Å². The second-order valence-corrected chi connectivity index (χ2v) is 4.30. The molecule has 2 aromatic rings. The first-order valence-electron chi connectivity index (χ1n) is 6.23. The fourth-order valence-corrected chi connectivity index (χ4v) is 1.85. The third-order valence-corrected chi connectivity index (χ3v) is 2.91.